The van der Waals surface area contributed by atoms with E-state index in [2.05, 4.69) is 5.32 Å². The van der Waals surface area contributed by atoms with E-state index in [9.17, 15) is 9.59 Å². The number of imide groups is 1. The second-order valence-electron chi connectivity index (χ2n) is 7.10. The molecule has 152 valence electrons. The fourth-order valence-electron chi connectivity index (χ4n) is 3.68. The molecule has 3 aromatic carbocycles. The van der Waals surface area contributed by atoms with Gasteiger partial charge in [0.25, 0.3) is 5.91 Å². The van der Waals surface area contributed by atoms with Gasteiger partial charge in [-0.25, -0.2) is 4.79 Å². The number of nitrogens with zero attached hydrogens (tertiary/aromatic N) is 1. The van der Waals surface area contributed by atoms with Crippen molar-refractivity contribution in [2.75, 3.05) is 13.2 Å². The van der Waals surface area contributed by atoms with Gasteiger partial charge in [0.15, 0.2) is 5.54 Å². The van der Waals surface area contributed by atoms with Gasteiger partial charge in [0.2, 0.25) is 0 Å². The Labute approximate surface area is 180 Å². The molecule has 1 heterocycles. The van der Waals surface area contributed by atoms with Gasteiger partial charge in [-0.15, -0.1) is 0 Å². The Kier molecular flexibility index (Phi) is 5.72. The Bertz CT molecular complexity index is 1040. The first-order chi connectivity index (χ1) is 14.6. The van der Waals surface area contributed by atoms with Crippen LogP contribution in [0.4, 0.5) is 4.79 Å². The van der Waals surface area contributed by atoms with Crippen LogP contribution in [0.2, 0.25) is 5.02 Å². The molecule has 4 rings (SSSR count). The number of amides is 3. The summed E-state index contributed by atoms with van der Waals surface area (Å²) < 4.78 is 5.68. The van der Waals surface area contributed by atoms with Gasteiger partial charge in [-0.05, 0) is 23.3 Å². The van der Waals surface area contributed by atoms with Crippen molar-refractivity contribution in [3.8, 4) is 5.75 Å². The summed E-state index contributed by atoms with van der Waals surface area (Å²) in [7, 11) is 0. The molecule has 0 radical (unpaired) electrons. The summed E-state index contributed by atoms with van der Waals surface area (Å²) >= 11 is 6.11. The first-order valence-corrected chi connectivity index (χ1v) is 10.1. The van der Waals surface area contributed by atoms with E-state index in [0.717, 1.165) is 11.1 Å². The second-order valence-corrected chi connectivity index (χ2v) is 7.51. The van der Waals surface area contributed by atoms with Crippen molar-refractivity contribution in [3.05, 3.63) is 101 Å². The molecule has 1 aliphatic heterocycles. The van der Waals surface area contributed by atoms with Crippen molar-refractivity contribution in [2.24, 2.45) is 0 Å². The number of ether oxygens (including phenoxy) is 1. The van der Waals surface area contributed by atoms with Crippen LogP contribution in [-0.4, -0.2) is 30.0 Å². The van der Waals surface area contributed by atoms with E-state index in [1.165, 1.54) is 4.90 Å². The van der Waals surface area contributed by atoms with Crippen molar-refractivity contribution >= 4 is 23.5 Å². The summed E-state index contributed by atoms with van der Waals surface area (Å²) in [4.78, 5) is 27.5. The monoisotopic (exact) mass is 420 g/mol. The van der Waals surface area contributed by atoms with Crippen LogP contribution in [0, 0.1) is 0 Å². The lowest BCUT2D eigenvalue weighted by Crippen LogP contribution is -2.46. The Balaban J connectivity index is 1.57. The average molecular weight is 421 g/mol. The highest BCUT2D eigenvalue weighted by molar-refractivity contribution is 6.32. The summed E-state index contributed by atoms with van der Waals surface area (Å²) in [5.41, 5.74) is 0.565. The average Bonchev–Trinajstić information content (AvgIpc) is 3.01. The lowest BCUT2D eigenvalue weighted by molar-refractivity contribution is -0.131. The minimum atomic E-state index is -1.15. The van der Waals surface area contributed by atoms with Crippen LogP contribution in [0.5, 0.6) is 5.75 Å². The highest BCUT2D eigenvalue weighted by Crippen LogP contribution is 2.33. The first kappa shape index (κ1) is 20.0. The van der Waals surface area contributed by atoms with Gasteiger partial charge in [-0.3, -0.25) is 9.69 Å². The molecule has 0 saturated carbocycles. The van der Waals surface area contributed by atoms with Gasteiger partial charge in [-0.2, -0.15) is 0 Å². The Morgan fingerprint density at radius 2 is 1.50 bits per heavy atom. The summed E-state index contributed by atoms with van der Waals surface area (Å²) in [6, 6.07) is 25.7. The number of rotatable bonds is 7. The van der Waals surface area contributed by atoms with E-state index >= 15 is 0 Å². The molecule has 1 fully saturated rings. The molecular weight excluding hydrogens is 400 g/mol. The third-order valence-corrected chi connectivity index (χ3v) is 5.48. The van der Waals surface area contributed by atoms with Crippen LogP contribution in [0.15, 0.2) is 84.9 Å². The second kappa shape index (κ2) is 8.59. The Morgan fingerprint density at radius 3 is 2.20 bits per heavy atom. The summed E-state index contributed by atoms with van der Waals surface area (Å²) in [6.07, 6.45) is 0.365. The van der Waals surface area contributed by atoms with Crippen LogP contribution in [0.1, 0.15) is 11.1 Å². The number of nitrogens with one attached hydrogen (secondary N) is 1. The number of benzene rings is 3. The fourth-order valence-corrected chi connectivity index (χ4v) is 3.87. The normalized spacial score (nSPS) is 18.4. The van der Waals surface area contributed by atoms with Crippen molar-refractivity contribution in [2.45, 2.75) is 12.0 Å². The molecule has 5 nitrogen and oxygen atoms in total. The van der Waals surface area contributed by atoms with Crippen LogP contribution in [0.25, 0.3) is 0 Å². The van der Waals surface area contributed by atoms with E-state index in [1.54, 1.807) is 12.1 Å². The van der Waals surface area contributed by atoms with E-state index in [-0.39, 0.29) is 19.1 Å². The minimum absolute atomic E-state index is 0.124. The predicted molar refractivity (Wildman–Crippen MR) is 115 cm³/mol. The lowest BCUT2D eigenvalue weighted by Gasteiger charge is -2.27. The maximum absolute atomic E-state index is 13.5. The van der Waals surface area contributed by atoms with Crippen LogP contribution in [-0.2, 0) is 16.8 Å². The number of urea groups is 1. The first-order valence-electron chi connectivity index (χ1n) is 9.71. The number of carbonyl (C=O) groups is 2. The standard InChI is InChI=1S/C24H21ClN2O3/c25-20-13-7-8-14-21(20)30-16-15-27-22(28)24(26-23(27)29,19-11-5-2-6-12-19)17-18-9-3-1-4-10-18/h1-14H,15-17H2,(H,26,29). The molecule has 30 heavy (non-hydrogen) atoms. The molecule has 6 heteroatoms. The number of hydrogen-bond acceptors (Lipinski definition) is 3. The maximum atomic E-state index is 13.5. The van der Waals surface area contributed by atoms with Crippen molar-refractivity contribution < 1.29 is 14.3 Å². The summed E-state index contributed by atoms with van der Waals surface area (Å²) in [5.74, 6) is 0.232. The molecular formula is C24H21ClN2O3. The predicted octanol–water partition coefficient (Wildman–Crippen LogP) is 4.41. The minimum Gasteiger partial charge on any atom is -0.490 e. The lowest BCUT2D eigenvalue weighted by atomic mass is 9.83. The topological polar surface area (TPSA) is 58.6 Å². The molecule has 1 atom stereocenters. The van der Waals surface area contributed by atoms with E-state index < -0.39 is 11.6 Å². The van der Waals surface area contributed by atoms with Crippen molar-refractivity contribution in [3.63, 3.8) is 0 Å². The van der Waals surface area contributed by atoms with Gasteiger partial charge in [0, 0.05) is 6.42 Å². The molecule has 0 bridgehead atoms. The highest BCUT2D eigenvalue weighted by Gasteiger charge is 2.52. The molecule has 1 N–H and O–H groups in total. The van der Waals surface area contributed by atoms with E-state index in [1.807, 2.05) is 72.8 Å². The summed E-state index contributed by atoms with van der Waals surface area (Å²) in [5, 5.41) is 3.43. The number of carbonyl (C=O) groups excluding carboxylic acids is 2. The van der Waals surface area contributed by atoms with Crippen LogP contribution < -0.4 is 10.1 Å². The van der Waals surface area contributed by atoms with Crippen molar-refractivity contribution in [1.29, 1.82) is 0 Å². The number of para-hydroxylation sites is 1. The zero-order chi connectivity index (χ0) is 21.0. The van der Waals surface area contributed by atoms with E-state index in [4.69, 9.17) is 16.3 Å². The Morgan fingerprint density at radius 1 is 0.867 bits per heavy atom. The van der Waals surface area contributed by atoms with Gasteiger partial charge in [0.05, 0.1) is 11.6 Å². The molecule has 1 saturated heterocycles. The molecule has 3 aromatic rings. The van der Waals surface area contributed by atoms with Crippen LogP contribution in [0.3, 0.4) is 0 Å². The largest absolute Gasteiger partial charge is 0.490 e. The number of halogens is 1. The zero-order valence-electron chi connectivity index (χ0n) is 16.3. The summed E-state index contributed by atoms with van der Waals surface area (Å²) in [6.45, 7) is 0.276. The quantitative estimate of drug-likeness (QED) is 0.576. The third-order valence-electron chi connectivity index (χ3n) is 5.16. The Hall–Kier alpha value is -3.31. The van der Waals surface area contributed by atoms with Gasteiger partial charge < -0.3 is 10.1 Å². The highest BCUT2D eigenvalue weighted by atomic mass is 35.5. The third kappa shape index (κ3) is 3.89. The van der Waals surface area contributed by atoms with Gasteiger partial charge >= 0.3 is 6.03 Å². The maximum Gasteiger partial charge on any atom is 0.325 e. The number of hydrogen-bond donors (Lipinski definition) is 1. The van der Waals surface area contributed by atoms with Crippen LogP contribution >= 0.6 is 11.6 Å². The van der Waals surface area contributed by atoms with E-state index in [0.29, 0.717) is 17.2 Å². The SMILES string of the molecule is O=C1NC(Cc2ccccc2)(c2ccccc2)C(=O)N1CCOc1ccccc1Cl. The molecule has 3 amide bonds. The van der Waals surface area contributed by atoms with Crippen molar-refractivity contribution in [1.82, 2.24) is 10.2 Å². The fraction of sp³-hybridized carbons (Fsp3) is 0.167. The smallest absolute Gasteiger partial charge is 0.325 e. The van der Waals surface area contributed by atoms with Gasteiger partial charge in [-0.1, -0.05) is 84.4 Å². The molecule has 0 spiro atoms. The molecule has 0 aromatic heterocycles. The molecule has 0 aliphatic carbocycles. The molecule has 1 aliphatic rings. The zero-order valence-corrected chi connectivity index (χ0v) is 17.0. The molecule has 1 unspecified atom stereocenters. The van der Waals surface area contributed by atoms with Gasteiger partial charge in [0.1, 0.15) is 12.4 Å².